The molecule has 0 bridgehead atoms. The van der Waals surface area contributed by atoms with Crippen molar-refractivity contribution in [1.82, 2.24) is 4.98 Å². The number of allylic oxidation sites excluding steroid dienone is 1. The Balaban J connectivity index is 0.000000750. The Bertz CT molecular complexity index is 460. The van der Waals surface area contributed by atoms with E-state index in [1.165, 1.54) is 5.57 Å². The minimum absolute atomic E-state index is 0. The van der Waals surface area contributed by atoms with E-state index in [2.05, 4.69) is 21.3 Å². The van der Waals surface area contributed by atoms with E-state index < -0.39 is 0 Å². The minimum atomic E-state index is 0. The monoisotopic (exact) mass is 205 g/mol. The second-order valence-electron chi connectivity index (χ2n) is 3.12. The highest BCUT2D eigenvalue weighted by atomic mass is 35.5. The molecule has 4 heteroatoms. The highest BCUT2D eigenvalue weighted by Gasteiger charge is 2.18. The standard InChI is InChI=1S/C10H7N3.ClH/c1-2-7-4-10-8(6-12-13-10)5-9(7)11-3-1;/h1-4,6H,5H2;1H. The first-order chi connectivity index (χ1) is 6.43. The lowest BCUT2D eigenvalue weighted by molar-refractivity contribution is 1.03. The van der Waals surface area contributed by atoms with Gasteiger partial charge in [-0.1, -0.05) is 6.07 Å². The molecule has 0 atom stereocenters. The number of aromatic nitrogens is 1. The fourth-order valence-electron chi connectivity index (χ4n) is 1.61. The Kier molecular flexibility index (Phi) is 2.17. The van der Waals surface area contributed by atoms with Crippen LogP contribution in [0.1, 0.15) is 11.3 Å². The van der Waals surface area contributed by atoms with Gasteiger partial charge in [0.25, 0.3) is 0 Å². The van der Waals surface area contributed by atoms with E-state index in [1.807, 2.05) is 24.5 Å². The molecule has 1 aromatic heterocycles. The van der Waals surface area contributed by atoms with E-state index in [0.29, 0.717) is 0 Å². The van der Waals surface area contributed by atoms with E-state index >= 15 is 0 Å². The highest BCUT2D eigenvalue weighted by molar-refractivity contribution is 5.85. The highest BCUT2D eigenvalue weighted by Crippen LogP contribution is 2.30. The van der Waals surface area contributed by atoms with Crippen LogP contribution in [-0.4, -0.2) is 4.98 Å². The molecule has 1 aliphatic carbocycles. The molecule has 0 fully saturated rings. The van der Waals surface area contributed by atoms with Gasteiger partial charge in [0.15, 0.2) is 0 Å². The molecule has 2 heterocycles. The molecule has 3 rings (SSSR count). The van der Waals surface area contributed by atoms with Crippen molar-refractivity contribution >= 4 is 18.5 Å². The molecule has 2 aliphatic rings. The molecule has 1 aliphatic heterocycles. The number of halogens is 1. The number of hydrogen-bond acceptors (Lipinski definition) is 3. The zero-order valence-electron chi connectivity index (χ0n) is 7.34. The molecule has 0 saturated carbocycles. The molecule has 0 spiro atoms. The third kappa shape index (κ3) is 1.26. The van der Waals surface area contributed by atoms with Crippen LogP contribution in [0.5, 0.6) is 0 Å². The molecule has 3 nitrogen and oxygen atoms in total. The van der Waals surface area contributed by atoms with Gasteiger partial charge in [-0.25, -0.2) is 0 Å². The summed E-state index contributed by atoms with van der Waals surface area (Å²) in [4.78, 5) is 4.31. The van der Waals surface area contributed by atoms with Crippen LogP contribution in [0.25, 0.3) is 6.08 Å². The van der Waals surface area contributed by atoms with Crippen molar-refractivity contribution in [2.24, 2.45) is 10.2 Å². The smallest absolute Gasteiger partial charge is 0.0915 e. The van der Waals surface area contributed by atoms with Crippen molar-refractivity contribution in [3.05, 3.63) is 47.1 Å². The van der Waals surface area contributed by atoms with Crippen molar-refractivity contribution in [3.8, 4) is 0 Å². The fourth-order valence-corrected chi connectivity index (χ4v) is 1.61. The van der Waals surface area contributed by atoms with Crippen molar-refractivity contribution in [3.63, 3.8) is 0 Å². The maximum absolute atomic E-state index is 4.31. The van der Waals surface area contributed by atoms with E-state index in [4.69, 9.17) is 0 Å². The number of nitrogens with zero attached hydrogens (tertiary/aromatic N) is 3. The van der Waals surface area contributed by atoms with Crippen LogP contribution in [0.4, 0.5) is 0 Å². The zero-order chi connectivity index (χ0) is 8.67. The van der Waals surface area contributed by atoms with Crippen LogP contribution in [-0.2, 0) is 6.42 Å². The SMILES string of the molecule is C1=C2Cc3ncccc3C=C2N=N1.Cl. The van der Waals surface area contributed by atoms with Gasteiger partial charge in [0.1, 0.15) is 0 Å². The van der Waals surface area contributed by atoms with Crippen LogP contribution in [0.15, 0.2) is 46.0 Å². The number of rotatable bonds is 0. The van der Waals surface area contributed by atoms with Crippen LogP contribution < -0.4 is 0 Å². The van der Waals surface area contributed by atoms with Gasteiger partial charge in [0.05, 0.1) is 17.6 Å². The molecule has 0 N–H and O–H groups in total. The maximum Gasteiger partial charge on any atom is 0.0915 e. The predicted molar refractivity (Wildman–Crippen MR) is 56.1 cm³/mol. The number of azo groups is 1. The Hall–Kier alpha value is -1.48. The third-order valence-electron chi connectivity index (χ3n) is 2.28. The van der Waals surface area contributed by atoms with E-state index in [1.54, 1.807) is 0 Å². The average molecular weight is 206 g/mol. The first kappa shape index (κ1) is 9.09. The second-order valence-corrected chi connectivity index (χ2v) is 3.12. The fraction of sp³-hybridized carbons (Fsp3) is 0.100. The summed E-state index contributed by atoms with van der Waals surface area (Å²) in [6.45, 7) is 0. The largest absolute Gasteiger partial charge is 0.260 e. The van der Waals surface area contributed by atoms with E-state index in [9.17, 15) is 0 Å². The molecular formula is C10H8ClN3. The number of hydrogen-bond donors (Lipinski definition) is 0. The van der Waals surface area contributed by atoms with Gasteiger partial charge in [-0.15, -0.1) is 12.4 Å². The minimum Gasteiger partial charge on any atom is -0.260 e. The summed E-state index contributed by atoms with van der Waals surface area (Å²) < 4.78 is 0. The summed E-state index contributed by atoms with van der Waals surface area (Å²) in [6, 6.07) is 4.00. The normalized spacial score (nSPS) is 16.3. The van der Waals surface area contributed by atoms with Gasteiger partial charge in [-0.05, 0) is 17.7 Å². The predicted octanol–water partition coefficient (Wildman–Crippen LogP) is 2.75. The summed E-state index contributed by atoms with van der Waals surface area (Å²) in [5, 5.41) is 7.90. The van der Waals surface area contributed by atoms with Gasteiger partial charge in [0.2, 0.25) is 0 Å². The second kappa shape index (κ2) is 3.35. The van der Waals surface area contributed by atoms with Crippen LogP contribution >= 0.6 is 12.4 Å². The van der Waals surface area contributed by atoms with Crippen molar-refractivity contribution in [2.45, 2.75) is 6.42 Å². The van der Waals surface area contributed by atoms with Gasteiger partial charge < -0.3 is 0 Å². The lowest BCUT2D eigenvalue weighted by atomic mass is 9.97. The molecule has 0 unspecified atom stereocenters. The van der Waals surface area contributed by atoms with Crippen LogP contribution in [0.2, 0.25) is 0 Å². The number of fused-ring (bicyclic) bond motifs is 2. The summed E-state index contributed by atoms with van der Waals surface area (Å²) in [5.74, 6) is 0. The molecule has 0 aromatic carbocycles. The Morgan fingerprint density at radius 1 is 1.29 bits per heavy atom. The Labute approximate surface area is 87.7 Å². The van der Waals surface area contributed by atoms with Gasteiger partial charge in [-0.3, -0.25) is 4.98 Å². The number of pyridine rings is 1. The maximum atomic E-state index is 4.31. The summed E-state index contributed by atoms with van der Waals surface area (Å²) in [5.41, 5.74) is 4.44. The zero-order valence-corrected chi connectivity index (χ0v) is 8.16. The van der Waals surface area contributed by atoms with Crippen LogP contribution in [0.3, 0.4) is 0 Å². The first-order valence-electron chi connectivity index (χ1n) is 4.19. The molecular weight excluding hydrogens is 198 g/mol. The van der Waals surface area contributed by atoms with E-state index in [0.717, 1.165) is 23.4 Å². The Morgan fingerprint density at radius 2 is 2.21 bits per heavy atom. The lowest BCUT2D eigenvalue weighted by Gasteiger charge is -2.11. The molecule has 70 valence electrons. The third-order valence-corrected chi connectivity index (χ3v) is 2.28. The lowest BCUT2D eigenvalue weighted by Crippen LogP contribution is -2.02. The van der Waals surface area contributed by atoms with Crippen LogP contribution in [0, 0.1) is 0 Å². The van der Waals surface area contributed by atoms with Gasteiger partial charge in [-0.2, -0.15) is 10.2 Å². The first-order valence-corrected chi connectivity index (χ1v) is 4.19. The van der Waals surface area contributed by atoms with E-state index in [-0.39, 0.29) is 12.4 Å². The van der Waals surface area contributed by atoms with Crippen molar-refractivity contribution < 1.29 is 0 Å². The molecule has 1 aromatic rings. The topological polar surface area (TPSA) is 37.6 Å². The summed E-state index contributed by atoms with van der Waals surface area (Å²) in [6.07, 6.45) is 6.52. The van der Waals surface area contributed by atoms with Crippen molar-refractivity contribution in [2.75, 3.05) is 0 Å². The quantitative estimate of drug-likeness (QED) is 0.642. The molecule has 0 saturated heterocycles. The Morgan fingerprint density at radius 3 is 3.14 bits per heavy atom. The summed E-state index contributed by atoms with van der Waals surface area (Å²) in [7, 11) is 0. The van der Waals surface area contributed by atoms with Gasteiger partial charge >= 0.3 is 0 Å². The average Bonchev–Trinajstić information content (AvgIpc) is 2.61. The van der Waals surface area contributed by atoms with Crippen molar-refractivity contribution in [1.29, 1.82) is 0 Å². The molecule has 0 amide bonds. The molecule has 0 radical (unpaired) electrons. The van der Waals surface area contributed by atoms with Gasteiger partial charge in [0, 0.05) is 18.2 Å². The summed E-state index contributed by atoms with van der Waals surface area (Å²) >= 11 is 0. The molecule has 14 heavy (non-hydrogen) atoms.